The molecule has 0 radical (unpaired) electrons. The molecule has 0 bridgehead atoms. The summed E-state index contributed by atoms with van der Waals surface area (Å²) >= 11 is 0. The van der Waals surface area contributed by atoms with Gasteiger partial charge in [0.25, 0.3) is 0 Å². The molecule has 128 valence electrons. The average molecular weight is 346 g/mol. The van der Waals surface area contributed by atoms with E-state index in [4.69, 9.17) is 25.5 Å². The molecule has 0 amide bonds. The maximum atomic E-state index is 11.6. The van der Waals surface area contributed by atoms with E-state index in [1.807, 2.05) is 0 Å². The van der Waals surface area contributed by atoms with Crippen LogP contribution in [-0.2, 0) is 28.0 Å². The Morgan fingerprint density at radius 3 is 1.86 bits per heavy atom. The second kappa shape index (κ2) is 8.17. The minimum atomic E-state index is -5.23. The van der Waals surface area contributed by atoms with Crippen molar-refractivity contribution < 1.29 is 58.4 Å². The SMILES string of the molecule is O=C(O)CC(CC(=O)O)(OP(=O)(O)OCC(O)CO)C(=O)O. The van der Waals surface area contributed by atoms with Crippen molar-refractivity contribution in [2.45, 2.75) is 24.5 Å². The highest BCUT2D eigenvalue weighted by molar-refractivity contribution is 7.47. The van der Waals surface area contributed by atoms with Crippen LogP contribution in [0.2, 0.25) is 0 Å². The predicted octanol–water partition coefficient (Wildman–Crippen LogP) is -1.75. The van der Waals surface area contributed by atoms with Gasteiger partial charge in [0.1, 0.15) is 6.10 Å². The summed E-state index contributed by atoms with van der Waals surface area (Å²) in [7, 11) is -5.23. The maximum absolute atomic E-state index is 11.6. The van der Waals surface area contributed by atoms with Gasteiger partial charge in [0.2, 0.25) is 0 Å². The summed E-state index contributed by atoms with van der Waals surface area (Å²) in [6.07, 6.45) is -4.43. The molecule has 0 heterocycles. The van der Waals surface area contributed by atoms with Crippen LogP contribution in [0.4, 0.5) is 0 Å². The molecule has 0 aromatic carbocycles. The van der Waals surface area contributed by atoms with Gasteiger partial charge in [-0.15, -0.1) is 0 Å². The van der Waals surface area contributed by atoms with Crippen LogP contribution < -0.4 is 0 Å². The summed E-state index contributed by atoms with van der Waals surface area (Å²) in [5.74, 6) is -5.68. The molecular weight excluding hydrogens is 331 g/mol. The van der Waals surface area contributed by atoms with Gasteiger partial charge in [-0.2, -0.15) is 0 Å². The molecule has 0 saturated carbocycles. The highest BCUT2D eigenvalue weighted by Crippen LogP contribution is 2.49. The molecule has 0 spiro atoms. The lowest BCUT2D eigenvalue weighted by Crippen LogP contribution is -2.45. The van der Waals surface area contributed by atoms with Crippen LogP contribution in [0.3, 0.4) is 0 Å². The van der Waals surface area contributed by atoms with Crippen molar-refractivity contribution in [2.75, 3.05) is 13.2 Å². The van der Waals surface area contributed by atoms with Gasteiger partial charge in [0.05, 0.1) is 26.1 Å². The Kier molecular flexibility index (Phi) is 7.59. The maximum Gasteiger partial charge on any atom is 0.473 e. The molecule has 2 atom stereocenters. The lowest BCUT2D eigenvalue weighted by molar-refractivity contribution is -0.169. The molecule has 2 unspecified atom stereocenters. The summed E-state index contributed by atoms with van der Waals surface area (Å²) in [6.45, 7) is -1.77. The van der Waals surface area contributed by atoms with E-state index in [1.54, 1.807) is 0 Å². The van der Waals surface area contributed by atoms with Gasteiger partial charge < -0.3 is 30.4 Å². The Morgan fingerprint density at radius 1 is 1.09 bits per heavy atom. The molecule has 0 aliphatic carbocycles. The van der Waals surface area contributed by atoms with Gasteiger partial charge in [0, 0.05) is 0 Å². The Labute approximate surface area is 123 Å². The van der Waals surface area contributed by atoms with Gasteiger partial charge in [-0.05, 0) is 0 Å². The number of carboxylic acid groups (broad SMARTS) is 3. The van der Waals surface area contributed by atoms with E-state index in [-0.39, 0.29) is 0 Å². The fourth-order valence-corrected chi connectivity index (χ4v) is 2.35. The van der Waals surface area contributed by atoms with E-state index in [9.17, 15) is 23.8 Å². The molecule has 0 aliphatic heterocycles. The van der Waals surface area contributed by atoms with Gasteiger partial charge in [-0.1, -0.05) is 0 Å². The fraction of sp³-hybridized carbons (Fsp3) is 0.667. The molecule has 22 heavy (non-hydrogen) atoms. The molecule has 0 saturated heterocycles. The number of aliphatic hydroxyl groups is 2. The van der Waals surface area contributed by atoms with Gasteiger partial charge in [0.15, 0.2) is 5.60 Å². The third-order valence-corrected chi connectivity index (χ3v) is 3.25. The van der Waals surface area contributed by atoms with E-state index < -0.39 is 63.5 Å². The third-order valence-electron chi connectivity index (χ3n) is 2.19. The molecule has 0 aromatic heterocycles. The van der Waals surface area contributed by atoms with Crippen LogP contribution in [0.1, 0.15) is 12.8 Å². The smallest absolute Gasteiger partial charge is 0.473 e. The number of phosphoric ester groups is 1. The second-order valence-corrected chi connectivity index (χ2v) is 5.51. The van der Waals surface area contributed by atoms with Gasteiger partial charge in [-0.3, -0.25) is 18.6 Å². The summed E-state index contributed by atoms with van der Waals surface area (Å²) in [5.41, 5.74) is -3.05. The van der Waals surface area contributed by atoms with Crippen molar-refractivity contribution in [1.82, 2.24) is 0 Å². The number of phosphoric acid groups is 1. The zero-order chi connectivity index (χ0) is 17.6. The highest BCUT2D eigenvalue weighted by Gasteiger charge is 2.50. The van der Waals surface area contributed by atoms with Crippen molar-refractivity contribution in [1.29, 1.82) is 0 Å². The van der Waals surface area contributed by atoms with E-state index in [0.29, 0.717) is 0 Å². The van der Waals surface area contributed by atoms with Crippen LogP contribution >= 0.6 is 7.82 Å². The first-order chi connectivity index (χ1) is 9.94. The van der Waals surface area contributed by atoms with Crippen LogP contribution in [-0.4, -0.2) is 73.3 Å². The molecule has 0 fully saturated rings. The summed E-state index contributed by atoms with van der Waals surface area (Å²) < 4.78 is 20.0. The molecule has 13 heteroatoms. The van der Waals surface area contributed by atoms with Crippen molar-refractivity contribution in [3.05, 3.63) is 0 Å². The summed E-state index contributed by atoms with van der Waals surface area (Å²) in [5, 5.41) is 43.7. The van der Waals surface area contributed by atoms with Crippen molar-refractivity contribution in [3.63, 3.8) is 0 Å². The lowest BCUT2D eigenvalue weighted by Gasteiger charge is -2.28. The van der Waals surface area contributed by atoms with E-state index in [2.05, 4.69) is 9.05 Å². The van der Waals surface area contributed by atoms with E-state index in [1.165, 1.54) is 0 Å². The minimum absolute atomic E-state index is 0.839. The first kappa shape index (κ1) is 20.4. The van der Waals surface area contributed by atoms with Crippen LogP contribution in [0, 0.1) is 0 Å². The number of hydrogen-bond donors (Lipinski definition) is 6. The molecule has 0 aromatic rings. The zero-order valence-electron chi connectivity index (χ0n) is 11.0. The second-order valence-electron chi connectivity index (χ2n) is 4.13. The Hall–Kier alpha value is -1.56. The predicted molar refractivity (Wildman–Crippen MR) is 64.8 cm³/mol. The van der Waals surface area contributed by atoms with Crippen LogP contribution in [0.25, 0.3) is 0 Å². The fourth-order valence-electron chi connectivity index (χ4n) is 1.29. The molecule has 0 aliphatic rings. The lowest BCUT2D eigenvalue weighted by atomic mass is 9.96. The monoisotopic (exact) mass is 346 g/mol. The van der Waals surface area contributed by atoms with Crippen molar-refractivity contribution in [2.24, 2.45) is 0 Å². The third kappa shape index (κ3) is 6.93. The minimum Gasteiger partial charge on any atom is -0.481 e. The van der Waals surface area contributed by atoms with E-state index >= 15 is 0 Å². The number of carboxylic acids is 3. The Bertz CT molecular complexity index is 457. The highest BCUT2D eigenvalue weighted by atomic mass is 31.2. The van der Waals surface area contributed by atoms with Crippen molar-refractivity contribution >= 4 is 25.7 Å². The topological polar surface area (TPSA) is 208 Å². The summed E-state index contributed by atoms with van der Waals surface area (Å²) in [4.78, 5) is 41.8. The zero-order valence-corrected chi connectivity index (χ0v) is 11.9. The van der Waals surface area contributed by atoms with Crippen LogP contribution in [0.15, 0.2) is 0 Å². The molecule has 12 nitrogen and oxygen atoms in total. The number of aliphatic hydroxyl groups excluding tert-OH is 2. The summed E-state index contributed by atoms with van der Waals surface area (Å²) in [6, 6.07) is 0. The van der Waals surface area contributed by atoms with Crippen LogP contribution in [0.5, 0.6) is 0 Å². The van der Waals surface area contributed by atoms with Crippen molar-refractivity contribution in [3.8, 4) is 0 Å². The number of rotatable bonds is 11. The molecular formula is C9H15O12P. The van der Waals surface area contributed by atoms with E-state index in [0.717, 1.165) is 0 Å². The first-order valence-electron chi connectivity index (χ1n) is 5.58. The first-order valence-corrected chi connectivity index (χ1v) is 7.07. The Morgan fingerprint density at radius 2 is 1.55 bits per heavy atom. The number of hydrogen-bond acceptors (Lipinski definition) is 8. The number of carbonyl (C=O) groups is 3. The average Bonchev–Trinajstić information content (AvgIpc) is 2.33. The standard InChI is InChI=1S/C9H15O12P/c10-3-5(11)4-20-22(18,19)21-9(8(16)17,1-6(12)13)2-7(14)15/h5,10-11H,1-4H2,(H,12,13)(H,14,15)(H,16,17)(H,18,19). The Balaban J connectivity index is 5.32. The number of aliphatic carboxylic acids is 3. The quantitative estimate of drug-likeness (QED) is 0.230. The normalized spacial score (nSPS) is 15.8. The van der Waals surface area contributed by atoms with Gasteiger partial charge >= 0.3 is 25.7 Å². The molecule has 6 N–H and O–H groups in total. The largest absolute Gasteiger partial charge is 0.481 e. The molecule has 0 rings (SSSR count). The van der Waals surface area contributed by atoms with Gasteiger partial charge in [-0.25, -0.2) is 9.36 Å².